The van der Waals surface area contributed by atoms with Gasteiger partial charge in [-0.1, -0.05) is 115 Å². The molecule has 0 saturated heterocycles. The van der Waals surface area contributed by atoms with Crippen LogP contribution in [0.25, 0.3) is 0 Å². The van der Waals surface area contributed by atoms with Crippen molar-refractivity contribution in [2.24, 2.45) is 11.8 Å². The molecule has 0 radical (unpaired) electrons. The lowest BCUT2D eigenvalue weighted by molar-refractivity contribution is -0.122. The van der Waals surface area contributed by atoms with Crippen LogP contribution in [-0.4, -0.2) is 68.7 Å². The van der Waals surface area contributed by atoms with Crippen molar-refractivity contribution in [2.45, 2.75) is 129 Å². The molecule has 230 valence electrons. The van der Waals surface area contributed by atoms with Crippen molar-refractivity contribution < 1.29 is 14.3 Å². The van der Waals surface area contributed by atoms with Gasteiger partial charge in [0.05, 0.1) is 24.6 Å². The smallest absolute Gasteiger partial charge is 0.407 e. The van der Waals surface area contributed by atoms with E-state index < -0.39 is 6.09 Å². The number of nitrogens with one attached hydrogen (secondary N) is 1. The first-order chi connectivity index (χ1) is 19.5. The van der Waals surface area contributed by atoms with Gasteiger partial charge in [0.1, 0.15) is 0 Å². The summed E-state index contributed by atoms with van der Waals surface area (Å²) < 4.78 is 5.49. The predicted molar refractivity (Wildman–Crippen MR) is 165 cm³/mol. The predicted octanol–water partition coefficient (Wildman–Crippen LogP) is 7.47. The molecule has 1 aliphatic carbocycles. The third-order valence-corrected chi connectivity index (χ3v) is 8.05. The summed E-state index contributed by atoms with van der Waals surface area (Å²) in [7, 11) is 4.00. The number of ether oxygens (including phenoxy) is 1. The maximum absolute atomic E-state index is 12.2. The maximum Gasteiger partial charge on any atom is 0.407 e. The summed E-state index contributed by atoms with van der Waals surface area (Å²) in [5.74, 6) is -0.454. The minimum Gasteiger partial charge on any atom is -0.449 e. The van der Waals surface area contributed by atoms with E-state index in [-0.39, 0.29) is 24.5 Å². The minimum atomic E-state index is -0.434. The average molecular weight is 561 g/mol. The number of hydrogen-bond donors (Lipinski definition) is 1. The lowest BCUT2D eigenvalue weighted by Crippen LogP contribution is -2.48. The van der Waals surface area contributed by atoms with Crippen LogP contribution in [0.15, 0.2) is 12.2 Å². The number of nitrogens with zero attached hydrogens (tertiary/aromatic N) is 3. The molecule has 0 aromatic rings. The Morgan fingerprint density at radius 2 is 1.45 bits per heavy atom. The Bertz CT molecular complexity index is 706. The maximum atomic E-state index is 12.2. The van der Waals surface area contributed by atoms with Crippen molar-refractivity contribution in [2.75, 3.05) is 40.3 Å². The molecule has 0 aromatic carbocycles. The van der Waals surface area contributed by atoms with Crippen LogP contribution in [0.4, 0.5) is 4.79 Å². The molecular weight excluding hydrogens is 500 g/mol. The van der Waals surface area contributed by atoms with Crippen LogP contribution in [0.3, 0.4) is 0 Å². The van der Waals surface area contributed by atoms with Crippen LogP contribution >= 0.6 is 0 Å². The van der Waals surface area contributed by atoms with Crippen LogP contribution in [0.1, 0.15) is 122 Å². The lowest BCUT2D eigenvalue weighted by Gasteiger charge is -2.38. The van der Waals surface area contributed by atoms with Crippen molar-refractivity contribution in [1.29, 1.82) is 5.26 Å². The molecule has 40 heavy (non-hydrogen) atoms. The highest BCUT2D eigenvalue weighted by Crippen LogP contribution is 2.29. The highest BCUT2D eigenvalue weighted by molar-refractivity contribution is 5.67. The molecule has 3 atom stereocenters. The molecule has 0 bridgehead atoms. The van der Waals surface area contributed by atoms with Crippen LogP contribution in [0, 0.1) is 23.2 Å². The van der Waals surface area contributed by atoms with E-state index in [2.05, 4.69) is 23.2 Å². The first-order valence-corrected chi connectivity index (χ1v) is 16.4. The topological polar surface area (TPSA) is 85.7 Å². The van der Waals surface area contributed by atoms with Gasteiger partial charge in [-0.05, 0) is 39.9 Å². The SMILES string of the molecule is CCCCCCCCCCCCCCCCCCN(C=O)C1C(C#N)C=CCC1COC(=O)NCCCN(C)C. The van der Waals surface area contributed by atoms with Crippen molar-refractivity contribution >= 4 is 12.5 Å². The third kappa shape index (κ3) is 17.6. The Hall–Kier alpha value is -2.07. The van der Waals surface area contributed by atoms with E-state index in [0.29, 0.717) is 19.5 Å². The normalized spacial score (nSPS) is 18.4. The Labute approximate surface area is 246 Å². The van der Waals surface area contributed by atoms with Crippen molar-refractivity contribution in [3.63, 3.8) is 0 Å². The number of amides is 2. The van der Waals surface area contributed by atoms with E-state index in [1.807, 2.05) is 26.2 Å². The zero-order valence-corrected chi connectivity index (χ0v) is 26.1. The van der Waals surface area contributed by atoms with Gasteiger partial charge >= 0.3 is 6.09 Å². The minimum absolute atomic E-state index is 0.0755. The van der Waals surface area contributed by atoms with E-state index in [9.17, 15) is 14.9 Å². The first-order valence-electron chi connectivity index (χ1n) is 16.4. The lowest BCUT2D eigenvalue weighted by atomic mass is 9.81. The second kappa shape index (κ2) is 24.7. The van der Waals surface area contributed by atoms with Gasteiger partial charge in [0.25, 0.3) is 0 Å². The van der Waals surface area contributed by atoms with Crippen molar-refractivity contribution in [1.82, 2.24) is 15.1 Å². The highest BCUT2D eigenvalue weighted by Gasteiger charge is 2.35. The number of hydrogen-bond acceptors (Lipinski definition) is 5. The number of carbonyl (C=O) groups excluding carboxylic acids is 2. The largest absolute Gasteiger partial charge is 0.449 e. The summed E-state index contributed by atoms with van der Waals surface area (Å²) in [4.78, 5) is 28.0. The first kappa shape index (κ1) is 36.0. The Morgan fingerprint density at radius 3 is 1.95 bits per heavy atom. The molecule has 3 unspecified atom stereocenters. The van der Waals surface area contributed by atoms with Crippen LogP contribution in [0.2, 0.25) is 0 Å². The van der Waals surface area contributed by atoms with Crippen LogP contribution in [-0.2, 0) is 9.53 Å². The summed E-state index contributed by atoms with van der Waals surface area (Å²) >= 11 is 0. The van der Waals surface area contributed by atoms with E-state index in [1.165, 1.54) is 89.9 Å². The van der Waals surface area contributed by atoms with Gasteiger partial charge in [0, 0.05) is 19.0 Å². The van der Waals surface area contributed by atoms with E-state index >= 15 is 0 Å². The zero-order valence-electron chi connectivity index (χ0n) is 26.1. The number of unbranched alkanes of at least 4 members (excludes halogenated alkanes) is 15. The summed E-state index contributed by atoms with van der Waals surface area (Å²) in [5, 5.41) is 12.5. The van der Waals surface area contributed by atoms with E-state index in [1.54, 1.807) is 4.90 Å². The standard InChI is InChI=1S/C33H60N4O3/c1-4-5-6-7-8-9-10-11-12-13-14-15-16-17-18-19-26-37(29-38)32-30(27-34)22-20-23-31(32)28-40-33(39)35-24-21-25-36(2)3/h20,22,29-32H,4-19,21,23-26,28H2,1-3H3,(H,35,39). The molecule has 0 spiro atoms. The Kier molecular flexibility index (Phi) is 22.2. The van der Waals surface area contributed by atoms with Crippen molar-refractivity contribution in [3.8, 4) is 6.07 Å². The number of rotatable bonds is 25. The van der Waals surface area contributed by atoms with Crippen molar-refractivity contribution in [3.05, 3.63) is 12.2 Å². The van der Waals surface area contributed by atoms with E-state index in [0.717, 1.165) is 32.2 Å². The van der Waals surface area contributed by atoms with Gasteiger partial charge in [-0.3, -0.25) is 4.79 Å². The summed E-state index contributed by atoms with van der Waals surface area (Å²) in [6, 6.07) is 2.09. The van der Waals surface area contributed by atoms with Gasteiger partial charge in [0.2, 0.25) is 6.41 Å². The fourth-order valence-corrected chi connectivity index (χ4v) is 5.64. The monoisotopic (exact) mass is 560 g/mol. The average Bonchev–Trinajstić information content (AvgIpc) is 2.95. The molecular formula is C33H60N4O3. The molecule has 1 aliphatic rings. The van der Waals surface area contributed by atoms with E-state index in [4.69, 9.17) is 4.74 Å². The molecule has 1 N–H and O–H groups in total. The highest BCUT2D eigenvalue weighted by atomic mass is 16.5. The summed E-state index contributed by atoms with van der Waals surface area (Å²) in [5.41, 5.74) is 0. The number of carbonyl (C=O) groups is 2. The molecule has 0 aliphatic heterocycles. The fraction of sp³-hybridized carbons (Fsp3) is 0.848. The van der Waals surface area contributed by atoms with Crippen LogP contribution in [0.5, 0.6) is 0 Å². The molecule has 0 fully saturated rings. The third-order valence-electron chi connectivity index (χ3n) is 8.05. The molecule has 7 heteroatoms. The summed E-state index contributed by atoms with van der Waals surface area (Å²) in [6.45, 7) is 4.58. The van der Waals surface area contributed by atoms with Gasteiger partial charge in [-0.2, -0.15) is 5.26 Å². The molecule has 2 amide bonds. The summed E-state index contributed by atoms with van der Waals surface area (Å²) in [6.07, 6.45) is 26.9. The molecule has 1 rings (SSSR count). The molecule has 0 aromatic heterocycles. The quantitative estimate of drug-likeness (QED) is 0.0711. The molecule has 0 heterocycles. The number of nitriles is 1. The Morgan fingerprint density at radius 1 is 0.900 bits per heavy atom. The van der Waals surface area contributed by atoms with Gasteiger partial charge in [-0.25, -0.2) is 4.79 Å². The van der Waals surface area contributed by atoms with Gasteiger partial charge < -0.3 is 19.9 Å². The molecule has 0 saturated carbocycles. The van der Waals surface area contributed by atoms with Crippen LogP contribution < -0.4 is 5.32 Å². The van der Waals surface area contributed by atoms with Gasteiger partial charge in [-0.15, -0.1) is 0 Å². The number of allylic oxidation sites excluding steroid dienone is 1. The zero-order chi connectivity index (χ0) is 29.3. The fourth-order valence-electron chi connectivity index (χ4n) is 5.64. The second-order valence-corrected chi connectivity index (χ2v) is 11.9. The Balaban J connectivity index is 2.22. The molecule has 7 nitrogen and oxygen atoms in total. The second-order valence-electron chi connectivity index (χ2n) is 11.9. The number of alkyl carbamates (subject to hydrolysis) is 1. The van der Waals surface area contributed by atoms with Gasteiger partial charge in [0.15, 0.2) is 0 Å².